The van der Waals surface area contributed by atoms with E-state index in [0.717, 1.165) is 83.8 Å². The molecule has 0 aliphatic carbocycles. The molecule has 1 aliphatic rings. The first-order chi connectivity index (χ1) is 27.8. The monoisotopic (exact) mass is 805 g/mol. The van der Waals surface area contributed by atoms with Gasteiger partial charge in [-0.25, -0.2) is 0 Å². The quantitative estimate of drug-likeness (QED) is 0.0319. The Bertz CT molecular complexity index is 1080. The maximum absolute atomic E-state index is 13.2. The van der Waals surface area contributed by atoms with Crippen molar-refractivity contribution in [2.24, 2.45) is 0 Å². The van der Waals surface area contributed by atoms with Gasteiger partial charge in [-0.2, -0.15) is 0 Å². The lowest BCUT2D eigenvalue weighted by Crippen LogP contribution is -2.47. The summed E-state index contributed by atoms with van der Waals surface area (Å²) in [6, 6.07) is -0.946. The van der Waals surface area contributed by atoms with Crippen LogP contribution in [0.15, 0.2) is 11.6 Å². The Morgan fingerprint density at radius 3 is 1.77 bits per heavy atom. The first kappa shape index (κ1) is 52.1. The van der Waals surface area contributed by atoms with E-state index < -0.39 is 23.8 Å². The number of nitrogens with one attached hydrogen (secondary N) is 3. The Kier molecular flexibility index (Phi) is 34.1. The van der Waals surface area contributed by atoms with E-state index in [-0.39, 0.29) is 57.1 Å². The fourth-order valence-corrected chi connectivity index (χ4v) is 7.04. The van der Waals surface area contributed by atoms with Crippen molar-refractivity contribution >= 4 is 29.7 Å². The molecule has 11 nitrogen and oxygen atoms in total. The molecule has 0 bridgehead atoms. The van der Waals surface area contributed by atoms with Gasteiger partial charge in [0.05, 0.1) is 13.0 Å². The molecule has 1 rings (SSSR count). The molecule has 1 saturated heterocycles. The van der Waals surface area contributed by atoms with Crippen LogP contribution in [0, 0.1) is 0 Å². The van der Waals surface area contributed by atoms with Crippen molar-refractivity contribution in [3.8, 4) is 0 Å². The smallest absolute Gasteiger partial charge is 0.306 e. The average Bonchev–Trinajstić information content (AvgIpc) is 3.73. The van der Waals surface area contributed by atoms with E-state index in [1.165, 1.54) is 82.6 Å². The predicted molar refractivity (Wildman–Crippen MR) is 231 cm³/mol. The van der Waals surface area contributed by atoms with Crippen LogP contribution < -0.4 is 16.0 Å². The van der Waals surface area contributed by atoms with Gasteiger partial charge >= 0.3 is 11.9 Å². The van der Waals surface area contributed by atoms with Crippen LogP contribution in [0.4, 0.5) is 0 Å². The molecule has 1 heterocycles. The highest BCUT2D eigenvalue weighted by molar-refractivity contribution is 5.89. The number of esters is 2. The molecule has 0 saturated carbocycles. The summed E-state index contributed by atoms with van der Waals surface area (Å²) in [5.41, 5.74) is 1.34. The lowest BCUT2D eigenvalue weighted by Gasteiger charge is -2.18. The molecule has 3 amide bonds. The Morgan fingerprint density at radius 1 is 0.561 bits per heavy atom. The number of hydrogen-bond donors (Lipinski definition) is 3. The number of ether oxygens (including phenoxy) is 2. The number of carbonyl (C=O) groups excluding carboxylic acids is 5. The number of carbonyl (C=O) groups is 5. The van der Waals surface area contributed by atoms with Gasteiger partial charge in [0.2, 0.25) is 17.7 Å². The van der Waals surface area contributed by atoms with E-state index in [0.29, 0.717) is 19.6 Å². The first-order valence-electron chi connectivity index (χ1n) is 23.3. The molecule has 3 N–H and O–H groups in total. The van der Waals surface area contributed by atoms with Crippen molar-refractivity contribution in [2.75, 3.05) is 45.9 Å². The van der Waals surface area contributed by atoms with Crippen LogP contribution in [0.5, 0.6) is 0 Å². The predicted octanol–water partition coefficient (Wildman–Crippen LogP) is 9.01. The SMILES string of the molecule is CCCCCCCCCCCCCCNC(=O)CCC(NC(=O)CCC(=O)OCCCCN1CCCC1)C(=O)NCCCC(=O)OCC=C(CCCC)CCCC. The number of rotatable bonds is 38. The molecule has 1 unspecified atom stereocenters. The molecule has 1 atom stereocenters. The van der Waals surface area contributed by atoms with Crippen LogP contribution in [-0.2, 0) is 33.4 Å². The summed E-state index contributed by atoms with van der Waals surface area (Å²) in [6.07, 6.45) is 28.4. The highest BCUT2D eigenvalue weighted by atomic mass is 16.5. The molecular weight excluding hydrogens is 721 g/mol. The van der Waals surface area contributed by atoms with E-state index in [4.69, 9.17) is 9.47 Å². The van der Waals surface area contributed by atoms with E-state index >= 15 is 0 Å². The summed E-state index contributed by atoms with van der Waals surface area (Å²) >= 11 is 0. The van der Waals surface area contributed by atoms with Crippen molar-refractivity contribution < 1.29 is 33.4 Å². The topological polar surface area (TPSA) is 143 Å². The van der Waals surface area contributed by atoms with Gasteiger partial charge in [0.25, 0.3) is 0 Å². The number of unbranched alkanes of at least 4 members (excludes halogenated alkanes) is 14. The number of amides is 3. The van der Waals surface area contributed by atoms with E-state index in [2.05, 4.69) is 41.6 Å². The zero-order valence-corrected chi connectivity index (χ0v) is 36.7. The van der Waals surface area contributed by atoms with Crippen LogP contribution in [0.3, 0.4) is 0 Å². The Hall–Kier alpha value is -2.95. The Labute approximate surface area is 347 Å². The van der Waals surface area contributed by atoms with Crippen LogP contribution in [0.1, 0.15) is 201 Å². The van der Waals surface area contributed by atoms with E-state index in [1.54, 1.807) is 0 Å². The number of likely N-dealkylation sites (tertiary alicyclic amines) is 1. The summed E-state index contributed by atoms with van der Waals surface area (Å²) in [4.78, 5) is 65.8. The molecule has 11 heteroatoms. The maximum atomic E-state index is 13.2. The molecule has 330 valence electrons. The molecule has 1 aliphatic heterocycles. The first-order valence-corrected chi connectivity index (χ1v) is 23.3. The molecule has 0 aromatic rings. The van der Waals surface area contributed by atoms with Gasteiger partial charge in [0.15, 0.2) is 0 Å². The fraction of sp³-hybridized carbons (Fsp3) is 0.848. The summed E-state index contributed by atoms with van der Waals surface area (Å²) in [5, 5.41) is 8.49. The third-order valence-corrected chi connectivity index (χ3v) is 10.7. The van der Waals surface area contributed by atoms with Crippen molar-refractivity contribution in [1.29, 1.82) is 0 Å². The largest absolute Gasteiger partial charge is 0.466 e. The van der Waals surface area contributed by atoms with Crippen LogP contribution >= 0.6 is 0 Å². The third kappa shape index (κ3) is 31.7. The highest BCUT2D eigenvalue weighted by Gasteiger charge is 2.22. The Morgan fingerprint density at radius 2 is 1.14 bits per heavy atom. The van der Waals surface area contributed by atoms with Gasteiger partial charge in [0.1, 0.15) is 12.6 Å². The van der Waals surface area contributed by atoms with Crippen LogP contribution in [0.2, 0.25) is 0 Å². The van der Waals surface area contributed by atoms with Crippen molar-refractivity contribution in [2.45, 2.75) is 207 Å². The standard InChI is InChI=1S/C46H84N4O7/c1-4-7-10-11-12-13-14-15-16-17-18-19-33-47-42(51)29-28-41(49-43(52)30-31-45(54)56-38-23-22-37-50-35-20-21-36-50)46(55)48-34-24-27-44(53)57-39-32-40(25-8-5-2)26-9-6-3/h32,41H,4-31,33-39H2,1-3H3,(H,47,51)(H,48,55)(H,49,52). The van der Waals surface area contributed by atoms with Gasteiger partial charge in [0, 0.05) is 32.4 Å². The minimum Gasteiger partial charge on any atom is -0.466 e. The van der Waals surface area contributed by atoms with Gasteiger partial charge in [-0.15, -0.1) is 0 Å². The van der Waals surface area contributed by atoms with Gasteiger partial charge in [-0.3, -0.25) is 24.0 Å². The van der Waals surface area contributed by atoms with Crippen molar-refractivity contribution in [1.82, 2.24) is 20.9 Å². The fourth-order valence-electron chi connectivity index (χ4n) is 7.04. The molecule has 0 spiro atoms. The van der Waals surface area contributed by atoms with Gasteiger partial charge in [-0.05, 0) is 96.3 Å². The second kappa shape index (κ2) is 37.3. The van der Waals surface area contributed by atoms with Gasteiger partial charge < -0.3 is 30.3 Å². The van der Waals surface area contributed by atoms with Crippen LogP contribution in [-0.4, -0.2) is 86.5 Å². The van der Waals surface area contributed by atoms with Crippen molar-refractivity contribution in [3.63, 3.8) is 0 Å². The van der Waals surface area contributed by atoms with Crippen molar-refractivity contribution in [3.05, 3.63) is 11.6 Å². The lowest BCUT2D eigenvalue weighted by atomic mass is 10.0. The number of hydrogen-bond acceptors (Lipinski definition) is 8. The minimum atomic E-state index is -0.946. The normalized spacial score (nSPS) is 13.2. The van der Waals surface area contributed by atoms with E-state index in [9.17, 15) is 24.0 Å². The minimum absolute atomic E-state index is 0.0778. The van der Waals surface area contributed by atoms with Crippen LogP contribution in [0.25, 0.3) is 0 Å². The highest BCUT2D eigenvalue weighted by Crippen LogP contribution is 2.15. The van der Waals surface area contributed by atoms with Gasteiger partial charge in [-0.1, -0.05) is 110 Å². The molecule has 57 heavy (non-hydrogen) atoms. The molecule has 0 aromatic heterocycles. The summed E-state index contributed by atoms with van der Waals surface area (Å²) < 4.78 is 10.8. The number of nitrogens with zero attached hydrogens (tertiary/aromatic N) is 1. The Balaban J connectivity index is 2.46. The average molecular weight is 805 g/mol. The second-order valence-corrected chi connectivity index (χ2v) is 16.0. The molecule has 1 fully saturated rings. The molecule has 0 radical (unpaired) electrons. The molecular formula is C46H84N4O7. The summed E-state index contributed by atoms with van der Waals surface area (Å²) in [5.74, 6) is -1.80. The van der Waals surface area contributed by atoms with E-state index in [1.807, 2.05) is 6.08 Å². The zero-order chi connectivity index (χ0) is 41.6. The number of allylic oxidation sites excluding steroid dienone is 1. The lowest BCUT2D eigenvalue weighted by molar-refractivity contribution is -0.145. The zero-order valence-electron chi connectivity index (χ0n) is 36.7. The molecule has 0 aromatic carbocycles. The second-order valence-electron chi connectivity index (χ2n) is 16.0. The summed E-state index contributed by atoms with van der Waals surface area (Å²) in [6.45, 7) is 11.3. The summed E-state index contributed by atoms with van der Waals surface area (Å²) in [7, 11) is 0. The maximum Gasteiger partial charge on any atom is 0.306 e. The third-order valence-electron chi connectivity index (χ3n) is 10.7.